The minimum absolute atomic E-state index is 0.0116. The Morgan fingerprint density at radius 2 is 2.00 bits per heavy atom. The van der Waals surface area contributed by atoms with E-state index in [0.29, 0.717) is 18.0 Å². The van der Waals surface area contributed by atoms with Crippen LogP contribution in [0.25, 0.3) is 0 Å². The molecule has 1 aliphatic carbocycles. The molecule has 1 aromatic rings. The topological polar surface area (TPSA) is 58.4 Å². The molecule has 1 aromatic carbocycles. The summed E-state index contributed by atoms with van der Waals surface area (Å²) in [7, 11) is 0. The number of nitrogens with zero attached hydrogens (tertiary/aromatic N) is 1. The molecule has 3 N–H and O–H groups in total. The second kappa shape index (κ2) is 7.46. The summed E-state index contributed by atoms with van der Waals surface area (Å²) in [5.41, 5.74) is 7.62. The average molecular weight is 289 g/mol. The van der Waals surface area contributed by atoms with Gasteiger partial charge in [-0.2, -0.15) is 0 Å². The molecule has 0 spiro atoms. The number of hydrogen-bond donors (Lipinski definition) is 2. The molecule has 116 valence electrons. The fourth-order valence-corrected chi connectivity index (χ4v) is 2.68. The van der Waals surface area contributed by atoms with E-state index in [4.69, 9.17) is 5.73 Å². The largest absolute Gasteiger partial charge is 0.372 e. The lowest BCUT2D eigenvalue weighted by Gasteiger charge is -2.22. The molecule has 1 atom stereocenters. The van der Waals surface area contributed by atoms with E-state index >= 15 is 0 Å². The number of carbonyl (C=O) groups excluding carboxylic acids is 1. The van der Waals surface area contributed by atoms with Crippen molar-refractivity contribution in [1.82, 2.24) is 5.32 Å². The highest BCUT2D eigenvalue weighted by Crippen LogP contribution is 2.32. The number of nitrogens with one attached hydrogen (secondary N) is 1. The molecule has 4 nitrogen and oxygen atoms in total. The van der Waals surface area contributed by atoms with Crippen LogP contribution in [0.15, 0.2) is 24.3 Å². The van der Waals surface area contributed by atoms with Crippen LogP contribution >= 0.6 is 0 Å². The highest BCUT2D eigenvalue weighted by molar-refractivity contribution is 5.94. The van der Waals surface area contributed by atoms with Gasteiger partial charge in [0.15, 0.2) is 0 Å². The molecule has 1 saturated carbocycles. The van der Waals surface area contributed by atoms with Gasteiger partial charge >= 0.3 is 0 Å². The third-order valence-corrected chi connectivity index (χ3v) is 4.13. The molecule has 4 heteroatoms. The van der Waals surface area contributed by atoms with Gasteiger partial charge in [-0.3, -0.25) is 4.79 Å². The van der Waals surface area contributed by atoms with Gasteiger partial charge in [-0.1, -0.05) is 6.92 Å². The SMILES string of the molecule is CCCN(CC)c1ccc(C(=O)NC(CN)C2CC2)cc1. The zero-order chi connectivity index (χ0) is 15.2. The van der Waals surface area contributed by atoms with Gasteiger partial charge in [-0.25, -0.2) is 0 Å². The van der Waals surface area contributed by atoms with Gasteiger partial charge in [-0.05, 0) is 56.4 Å². The Bertz CT molecular complexity index is 454. The van der Waals surface area contributed by atoms with Crippen LogP contribution in [0.2, 0.25) is 0 Å². The van der Waals surface area contributed by atoms with Crippen molar-refractivity contribution in [2.45, 2.75) is 39.2 Å². The first-order chi connectivity index (χ1) is 10.2. The molecule has 2 rings (SSSR count). The van der Waals surface area contributed by atoms with Gasteiger partial charge in [0.25, 0.3) is 5.91 Å². The number of amides is 1. The average Bonchev–Trinajstić information content (AvgIpc) is 3.35. The van der Waals surface area contributed by atoms with Gasteiger partial charge in [-0.15, -0.1) is 0 Å². The van der Waals surface area contributed by atoms with Gasteiger partial charge in [0.1, 0.15) is 0 Å². The predicted molar refractivity (Wildman–Crippen MR) is 87.7 cm³/mol. The third kappa shape index (κ3) is 4.21. The molecular weight excluding hydrogens is 262 g/mol. The van der Waals surface area contributed by atoms with Crippen LogP contribution in [-0.2, 0) is 0 Å². The Morgan fingerprint density at radius 3 is 2.48 bits per heavy atom. The smallest absolute Gasteiger partial charge is 0.251 e. The Hall–Kier alpha value is -1.55. The first kappa shape index (κ1) is 15.8. The van der Waals surface area contributed by atoms with Gasteiger partial charge in [0.05, 0.1) is 0 Å². The number of benzene rings is 1. The second-order valence-electron chi connectivity index (χ2n) is 5.78. The van der Waals surface area contributed by atoms with E-state index < -0.39 is 0 Å². The summed E-state index contributed by atoms with van der Waals surface area (Å²) in [4.78, 5) is 14.6. The van der Waals surface area contributed by atoms with Crippen LogP contribution in [0.4, 0.5) is 5.69 Å². The van der Waals surface area contributed by atoms with Crippen molar-refractivity contribution >= 4 is 11.6 Å². The molecule has 0 aromatic heterocycles. The molecule has 0 saturated heterocycles. The molecule has 0 aliphatic heterocycles. The van der Waals surface area contributed by atoms with Gasteiger partial charge in [0.2, 0.25) is 0 Å². The maximum atomic E-state index is 12.2. The van der Waals surface area contributed by atoms with E-state index in [1.807, 2.05) is 24.3 Å². The van der Waals surface area contributed by atoms with Crippen molar-refractivity contribution in [2.75, 3.05) is 24.5 Å². The summed E-state index contributed by atoms with van der Waals surface area (Å²) in [5, 5.41) is 3.06. The summed E-state index contributed by atoms with van der Waals surface area (Å²) in [5.74, 6) is 0.570. The lowest BCUT2D eigenvalue weighted by atomic mass is 10.1. The van der Waals surface area contributed by atoms with Crippen molar-refractivity contribution in [1.29, 1.82) is 0 Å². The highest BCUT2D eigenvalue weighted by Gasteiger charge is 2.31. The fraction of sp³-hybridized carbons (Fsp3) is 0.588. The lowest BCUT2D eigenvalue weighted by molar-refractivity contribution is 0.0933. The van der Waals surface area contributed by atoms with Crippen molar-refractivity contribution in [3.05, 3.63) is 29.8 Å². The lowest BCUT2D eigenvalue weighted by Crippen LogP contribution is -2.41. The monoisotopic (exact) mass is 289 g/mol. The minimum Gasteiger partial charge on any atom is -0.372 e. The Labute approximate surface area is 127 Å². The molecule has 0 heterocycles. The van der Waals surface area contributed by atoms with Crippen LogP contribution in [-0.4, -0.2) is 31.6 Å². The van der Waals surface area contributed by atoms with Crippen LogP contribution < -0.4 is 16.0 Å². The fourth-order valence-electron chi connectivity index (χ4n) is 2.68. The summed E-state index contributed by atoms with van der Waals surface area (Å²) >= 11 is 0. The van der Waals surface area contributed by atoms with Crippen LogP contribution in [0.5, 0.6) is 0 Å². The maximum Gasteiger partial charge on any atom is 0.251 e. The standard InChI is InChI=1S/C17H27N3O/c1-3-11-20(4-2)15-9-7-14(8-10-15)17(21)19-16(12-18)13-5-6-13/h7-10,13,16H,3-6,11-12,18H2,1-2H3,(H,19,21). The molecule has 0 bridgehead atoms. The van der Waals surface area contributed by atoms with Crippen molar-refractivity contribution in [3.8, 4) is 0 Å². The Balaban J connectivity index is 1.98. The molecule has 1 unspecified atom stereocenters. The maximum absolute atomic E-state index is 12.2. The zero-order valence-electron chi connectivity index (χ0n) is 13.1. The van der Waals surface area contributed by atoms with E-state index in [0.717, 1.165) is 19.5 Å². The van der Waals surface area contributed by atoms with E-state index in [-0.39, 0.29) is 11.9 Å². The highest BCUT2D eigenvalue weighted by atomic mass is 16.1. The summed E-state index contributed by atoms with van der Waals surface area (Å²) in [6.45, 7) is 6.87. The summed E-state index contributed by atoms with van der Waals surface area (Å²) in [6.07, 6.45) is 3.49. The molecule has 1 fully saturated rings. The number of hydrogen-bond acceptors (Lipinski definition) is 3. The first-order valence-electron chi connectivity index (χ1n) is 8.05. The number of rotatable bonds is 8. The van der Waals surface area contributed by atoms with Crippen LogP contribution in [0, 0.1) is 5.92 Å². The van der Waals surface area contributed by atoms with Crippen LogP contribution in [0.3, 0.4) is 0 Å². The van der Waals surface area contributed by atoms with E-state index in [1.165, 1.54) is 18.5 Å². The minimum atomic E-state index is -0.0116. The zero-order valence-corrected chi connectivity index (χ0v) is 13.1. The third-order valence-electron chi connectivity index (χ3n) is 4.13. The first-order valence-corrected chi connectivity index (χ1v) is 8.05. The van der Waals surface area contributed by atoms with Crippen molar-refractivity contribution in [2.24, 2.45) is 11.7 Å². The quantitative estimate of drug-likeness (QED) is 0.772. The Kier molecular flexibility index (Phi) is 5.62. The molecular formula is C17H27N3O. The van der Waals surface area contributed by atoms with Gasteiger partial charge < -0.3 is 16.0 Å². The van der Waals surface area contributed by atoms with E-state index in [2.05, 4.69) is 24.1 Å². The van der Waals surface area contributed by atoms with Gasteiger partial charge in [0, 0.05) is 36.9 Å². The molecule has 21 heavy (non-hydrogen) atoms. The summed E-state index contributed by atoms with van der Waals surface area (Å²) < 4.78 is 0. The number of anilines is 1. The Morgan fingerprint density at radius 1 is 1.33 bits per heavy atom. The van der Waals surface area contributed by atoms with Crippen molar-refractivity contribution in [3.63, 3.8) is 0 Å². The predicted octanol–water partition coefficient (Wildman–Crippen LogP) is 2.39. The second-order valence-corrected chi connectivity index (χ2v) is 5.78. The van der Waals surface area contributed by atoms with E-state index in [1.54, 1.807) is 0 Å². The molecule has 0 radical (unpaired) electrons. The normalized spacial score (nSPS) is 15.6. The summed E-state index contributed by atoms with van der Waals surface area (Å²) in [6, 6.07) is 8.00. The van der Waals surface area contributed by atoms with E-state index in [9.17, 15) is 4.79 Å². The number of carbonyl (C=O) groups is 1. The molecule has 1 aliphatic rings. The van der Waals surface area contributed by atoms with Crippen LogP contribution in [0.1, 0.15) is 43.5 Å². The molecule has 1 amide bonds. The number of nitrogens with two attached hydrogens (primary N) is 1. The van der Waals surface area contributed by atoms with Crippen molar-refractivity contribution < 1.29 is 4.79 Å².